The van der Waals surface area contributed by atoms with E-state index in [-0.39, 0.29) is 5.91 Å². The van der Waals surface area contributed by atoms with Crippen molar-refractivity contribution in [2.45, 2.75) is 13.5 Å². The summed E-state index contributed by atoms with van der Waals surface area (Å²) in [6.07, 6.45) is 7.14. The summed E-state index contributed by atoms with van der Waals surface area (Å²) in [6.45, 7) is 2.34. The van der Waals surface area contributed by atoms with Gasteiger partial charge in [0.05, 0.1) is 11.3 Å². The van der Waals surface area contributed by atoms with Crippen LogP contribution in [-0.4, -0.2) is 20.3 Å². The molecule has 0 saturated carbocycles. The molecular weight excluding hydrogens is 360 g/mol. The molecule has 0 bridgehead atoms. The molecule has 1 N–H and O–H groups in total. The third kappa shape index (κ3) is 3.68. The van der Waals surface area contributed by atoms with E-state index in [1.54, 1.807) is 18.6 Å². The van der Waals surface area contributed by atoms with Crippen molar-refractivity contribution >= 4 is 23.2 Å². The number of rotatable bonds is 4. The average Bonchev–Trinajstić information content (AvgIpc) is 3.06. The Morgan fingerprint density at radius 1 is 1.19 bits per heavy atom. The number of imidazole rings is 1. The standard InChI is InChI=1S/C21H17ClN4O/c1-14-12-26-13-17(21(27)24-11-15-4-3-7-23-10-15)9-19(20(26)25-14)16-5-2-6-18(22)8-16/h2-10,12-13H,11H2,1H3,(H,24,27). The maximum absolute atomic E-state index is 12.7. The summed E-state index contributed by atoms with van der Waals surface area (Å²) in [4.78, 5) is 21.4. The number of carbonyl (C=O) groups excluding carboxylic acids is 1. The minimum atomic E-state index is -0.157. The van der Waals surface area contributed by atoms with Gasteiger partial charge in [0.25, 0.3) is 5.91 Å². The summed E-state index contributed by atoms with van der Waals surface area (Å²) in [5, 5.41) is 3.58. The molecule has 5 nitrogen and oxygen atoms in total. The van der Waals surface area contributed by atoms with Crippen molar-refractivity contribution in [2.24, 2.45) is 0 Å². The van der Waals surface area contributed by atoms with E-state index in [0.29, 0.717) is 17.1 Å². The molecule has 1 amide bonds. The molecule has 3 aromatic heterocycles. The highest BCUT2D eigenvalue weighted by Crippen LogP contribution is 2.28. The molecular formula is C21H17ClN4O. The van der Waals surface area contributed by atoms with E-state index in [2.05, 4.69) is 15.3 Å². The number of hydrogen-bond donors (Lipinski definition) is 1. The summed E-state index contributed by atoms with van der Waals surface area (Å²) in [7, 11) is 0. The first kappa shape index (κ1) is 17.2. The SMILES string of the molecule is Cc1cn2cc(C(=O)NCc3cccnc3)cc(-c3cccc(Cl)c3)c2n1. The molecule has 0 aliphatic heterocycles. The summed E-state index contributed by atoms with van der Waals surface area (Å²) in [6, 6.07) is 13.2. The largest absolute Gasteiger partial charge is 0.348 e. The van der Waals surface area contributed by atoms with Crippen molar-refractivity contribution in [1.82, 2.24) is 19.7 Å². The van der Waals surface area contributed by atoms with Crippen LogP contribution in [0.15, 0.2) is 67.3 Å². The Kier molecular flexibility index (Phi) is 4.60. The van der Waals surface area contributed by atoms with Crippen LogP contribution in [0.3, 0.4) is 0 Å². The first-order valence-electron chi connectivity index (χ1n) is 8.52. The summed E-state index contributed by atoms with van der Waals surface area (Å²) in [5.74, 6) is -0.157. The quantitative estimate of drug-likeness (QED) is 0.578. The van der Waals surface area contributed by atoms with Crippen LogP contribution in [0.2, 0.25) is 5.02 Å². The van der Waals surface area contributed by atoms with Crippen LogP contribution in [-0.2, 0) is 6.54 Å². The second-order valence-corrected chi connectivity index (χ2v) is 6.75. The Bertz CT molecular complexity index is 1120. The van der Waals surface area contributed by atoms with Gasteiger partial charge in [-0.2, -0.15) is 0 Å². The highest BCUT2D eigenvalue weighted by atomic mass is 35.5. The van der Waals surface area contributed by atoms with Crippen LogP contribution >= 0.6 is 11.6 Å². The summed E-state index contributed by atoms with van der Waals surface area (Å²) >= 11 is 6.16. The molecule has 4 rings (SSSR count). The number of pyridine rings is 2. The molecule has 3 heterocycles. The van der Waals surface area contributed by atoms with Gasteiger partial charge in [-0.3, -0.25) is 9.78 Å². The topological polar surface area (TPSA) is 59.3 Å². The molecule has 1 aromatic carbocycles. The van der Waals surface area contributed by atoms with Crippen LogP contribution in [0.1, 0.15) is 21.6 Å². The monoisotopic (exact) mass is 376 g/mol. The number of aromatic nitrogens is 3. The van der Waals surface area contributed by atoms with Gasteiger partial charge in [-0.15, -0.1) is 0 Å². The number of fused-ring (bicyclic) bond motifs is 1. The van der Waals surface area contributed by atoms with E-state index in [1.165, 1.54) is 0 Å². The number of carbonyl (C=O) groups is 1. The van der Waals surface area contributed by atoms with Gasteiger partial charge < -0.3 is 9.72 Å². The van der Waals surface area contributed by atoms with Gasteiger partial charge in [-0.1, -0.05) is 29.8 Å². The molecule has 0 radical (unpaired) electrons. The molecule has 6 heteroatoms. The number of nitrogens with one attached hydrogen (secondary N) is 1. The van der Waals surface area contributed by atoms with E-state index in [9.17, 15) is 4.79 Å². The Labute approximate surface area is 161 Å². The number of halogens is 1. The number of benzene rings is 1. The van der Waals surface area contributed by atoms with Crippen molar-refractivity contribution < 1.29 is 4.79 Å². The van der Waals surface area contributed by atoms with Crippen LogP contribution in [0.4, 0.5) is 0 Å². The van der Waals surface area contributed by atoms with E-state index in [1.807, 2.05) is 60.0 Å². The predicted molar refractivity (Wildman–Crippen MR) is 106 cm³/mol. The first-order chi connectivity index (χ1) is 13.1. The zero-order valence-corrected chi connectivity index (χ0v) is 15.4. The lowest BCUT2D eigenvalue weighted by atomic mass is 10.0. The van der Waals surface area contributed by atoms with Gasteiger partial charge in [-0.25, -0.2) is 4.98 Å². The molecule has 4 aromatic rings. The number of aryl methyl sites for hydroxylation is 1. The molecule has 134 valence electrons. The maximum Gasteiger partial charge on any atom is 0.253 e. The lowest BCUT2D eigenvalue weighted by molar-refractivity contribution is 0.0950. The molecule has 0 aliphatic carbocycles. The molecule has 0 fully saturated rings. The lowest BCUT2D eigenvalue weighted by Gasteiger charge is -2.10. The fourth-order valence-electron chi connectivity index (χ4n) is 3.00. The molecule has 0 saturated heterocycles. The predicted octanol–water partition coefficient (Wildman–Crippen LogP) is 4.29. The van der Waals surface area contributed by atoms with Gasteiger partial charge in [0.15, 0.2) is 0 Å². The Morgan fingerprint density at radius 3 is 2.85 bits per heavy atom. The molecule has 0 atom stereocenters. The highest BCUT2D eigenvalue weighted by Gasteiger charge is 2.14. The van der Waals surface area contributed by atoms with Crippen LogP contribution in [0, 0.1) is 6.92 Å². The average molecular weight is 377 g/mol. The van der Waals surface area contributed by atoms with Crippen molar-refractivity contribution in [3.05, 3.63) is 89.1 Å². The Hall–Kier alpha value is -3.18. The smallest absolute Gasteiger partial charge is 0.253 e. The molecule has 0 spiro atoms. The van der Waals surface area contributed by atoms with Crippen LogP contribution in [0.5, 0.6) is 0 Å². The maximum atomic E-state index is 12.7. The van der Waals surface area contributed by atoms with E-state index < -0.39 is 0 Å². The van der Waals surface area contributed by atoms with Crippen LogP contribution in [0.25, 0.3) is 16.8 Å². The minimum Gasteiger partial charge on any atom is -0.348 e. The van der Waals surface area contributed by atoms with E-state index >= 15 is 0 Å². The van der Waals surface area contributed by atoms with Crippen LogP contribution < -0.4 is 5.32 Å². The third-order valence-electron chi connectivity index (χ3n) is 4.25. The van der Waals surface area contributed by atoms with Crippen molar-refractivity contribution in [3.63, 3.8) is 0 Å². The van der Waals surface area contributed by atoms with Gasteiger partial charge in [0.1, 0.15) is 5.65 Å². The van der Waals surface area contributed by atoms with Gasteiger partial charge in [0.2, 0.25) is 0 Å². The fraction of sp³-hybridized carbons (Fsp3) is 0.0952. The highest BCUT2D eigenvalue weighted by molar-refractivity contribution is 6.30. The van der Waals surface area contributed by atoms with Crippen molar-refractivity contribution in [3.8, 4) is 11.1 Å². The van der Waals surface area contributed by atoms with Crippen molar-refractivity contribution in [1.29, 1.82) is 0 Å². The lowest BCUT2D eigenvalue weighted by Crippen LogP contribution is -2.23. The molecule has 0 aliphatic rings. The molecule has 0 unspecified atom stereocenters. The van der Waals surface area contributed by atoms with E-state index in [4.69, 9.17) is 11.6 Å². The number of nitrogens with zero attached hydrogens (tertiary/aromatic N) is 3. The zero-order valence-electron chi connectivity index (χ0n) is 14.7. The second-order valence-electron chi connectivity index (χ2n) is 6.31. The van der Waals surface area contributed by atoms with E-state index in [0.717, 1.165) is 28.0 Å². The number of hydrogen-bond acceptors (Lipinski definition) is 3. The molecule has 27 heavy (non-hydrogen) atoms. The minimum absolute atomic E-state index is 0.157. The second kappa shape index (κ2) is 7.21. The normalized spacial score (nSPS) is 10.9. The van der Waals surface area contributed by atoms with Gasteiger partial charge >= 0.3 is 0 Å². The summed E-state index contributed by atoms with van der Waals surface area (Å²) in [5.41, 5.74) is 4.95. The Balaban J connectivity index is 1.72. The first-order valence-corrected chi connectivity index (χ1v) is 8.90. The third-order valence-corrected chi connectivity index (χ3v) is 4.48. The summed E-state index contributed by atoms with van der Waals surface area (Å²) < 4.78 is 1.88. The zero-order chi connectivity index (χ0) is 18.8. The van der Waals surface area contributed by atoms with Gasteiger partial charge in [-0.05, 0) is 42.3 Å². The van der Waals surface area contributed by atoms with Gasteiger partial charge in [0, 0.05) is 41.9 Å². The van der Waals surface area contributed by atoms with Crippen molar-refractivity contribution in [2.75, 3.05) is 0 Å². The number of amides is 1. The Morgan fingerprint density at radius 2 is 2.07 bits per heavy atom. The fourth-order valence-corrected chi connectivity index (χ4v) is 3.19.